The van der Waals surface area contributed by atoms with E-state index in [2.05, 4.69) is 48.6 Å². The Morgan fingerprint density at radius 2 is 2.05 bits per heavy atom. The van der Waals surface area contributed by atoms with Gasteiger partial charge in [-0.05, 0) is 51.4 Å². The van der Waals surface area contributed by atoms with Crippen molar-refractivity contribution in [2.24, 2.45) is 0 Å². The minimum Gasteiger partial charge on any atom is -0.339 e. The van der Waals surface area contributed by atoms with Gasteiger partial charge in [0.25, 0.3) is 5.91 Å². The van der Waals surface area contributed by atoms with E-state index in [4.69, 9.17) is 5.26 Å². The van der Waals surface area contributed by atoms with Gasteiger partial charge in [-0.15, -0.1) is 0 Å². The minimum absolute atomic E-state index is 0.102. The Hall–Kier alpha value is -4.56. The number of H-pyrrole nitrogens is 1. The number of aromatic nitrogens is 5. The van der Waals surface area contributed by atoms with Gasteiger partial charge in [0.2, 0.25) is 5.91 Å². The van der Waals surface area contributed by atoms with Crippen LogP contribution in [0.15, 0.2) is 43.0 Å². The molecule has 0 aliphatic carbocycles. The molecule has 0 radical (unpaired) electrons. The van der Waals surface area contributed by atoms with Gasteiger partial charge in [0.15, 0.2) is 0 Å². The topological polar surface area (TPSA) is 145 Å². The highest BCUT2D eigenvalue weighted by Gasteiger charge is 2.22. The molecule has 4 aromatic rings. The van der Waals surface area contributed by atoms with Crippen LogP contribution < -0.4 is 10.6 Å². The summed E-state index contributed by atoms with van der Waals surface area (Å²) in [5.74, 6) is -0.430. The van der Waals surface area contributed by atoms with E-state index in [1.807, 2.05) is 12.3 Å². The number of carbonyl (C=O) groups is 2. The summed E-state index contributed by atoms with van der Waals surface area (Å²) in [4.78, 5) is 39.8. The number of amides is 2. The molecule has 2 amide bonds. The molecule has 194 valence electrons. The summed E-state index contributed by atoms with van der Waals surface area (Å²) in [5, 5.41) is 19.6. The molecule has 5 rings (SSSR count). The standard InChI is InChI=1S/C27H29N9O2/c1-17-5-3-7-35(17)16-25(37)32-22-11-23(18(2)29-14-22)34-27(38)20-9-19-10-24(33-26(19)30-12-20)21-13-31-36(15-21)8-4-6-28/h9-15,17H,3-5,7-8,16H2,1-2H3,(H,30,33)(H,32,37)(H,34,38)/t17-/m0/s1. The van der Waals surface area contributed by atoms with E-state index in [1.165, 1.54) is 6.20 Å². The zero-order valence-corrected chi connectivity index (χ0v) is 21.4. The van der Waals surface area contributed by atoms with Gasteiger partial charge in [-0.25, -0.2) is 4.98 Å². The Balaban J connectivity index is 1.27. The number of aromatic amines is 1. The predicted molar refractivity (Wildman–Crippen MR) is 143 cm³/mol. The maximum atomic E-state index is 13.1. The summed E-state index contributed by atoms with van der Waals surface area (Å²) in [5.41, 5.74) is 4.41. The number of rotatable bonds is 8. The van der Waals surface area contributed by atoms with Crippen molar-refractivity contribution in [2.45, 2.75) is 45.7 Å². The van der Waals surface area contributed by atoms with E-state index in [0.29, 0.717) is 53.8 Å². The van der Waals surface area contributed by atoms with Crippen molar-refractivity contribution in [1.82, 2.24) is 29.6 Å². The highest BCUT2D eigenvalue weighted by Crippen LogP contribution is 2.25. The number of fused-ring (bicyclic) bond motifs is 1. The fourth-order valence-electron chi connectivity index (χ4n) is 4.62. The largest absolute Gasteiger partial charge is 0.339 e. The molecule has 1 saturated heterocycles. The molecule has 5 heterocycles. The fraction of sp³-hybridized carbons (Fsp3) is 0.333. The maximum Gasteiger partial charge on any atom is 0.257 e. The summed E-state index contributed by atoms with van der Waals surface area (Å²) in [7, 11) is 0. The number of aryl methyl sites for hydroxylation is 2. The monoisotopic (exact) mass is 511 g/mol. The zero-order valence-electron chi connectivity index (χ0n) is 21.4. The third-order valence-electron chi connectivity index (χ3n) is 6.79. The third-order valence-corrected chi connectivity index (χ3v) is 6.79. The number of likely N-dealkylation sites (tertiary alicyclic amines) is 1. The van der Waals surface area contributed by atoms with Crippen LogP contribution in [0, 0.1) is 18.3 Å². The second-order valence-corrected chi connectivity index (χ2v) is 9.57. The Labute approximate surface area is 219 Å². The zero-order chi connectivity index (χ0) is 26.6. The van der Waals surface area contributed by atoms with Crippen molar-refractivity contribution in [3.05, 3.63) is 54.2 Å². The lowest BCUT2D eigenvalue weighted by molar-refractivity contribution is -0.117. The first kappa shape index (κ1) is 25.1. The highest BCUT2D eigenvalue weighted by molar-refractivity contribution is 6.06. The predicted octanol–water partition coefficient (Wildman–Crippen LogP) is 3.72. The van der Waals surface area contributed by atoms with Gasteiger partial charge in [0.1, 0.15) is 5.65 Å². The third kappa shape index (κ3) is 5.55. The second-order valence-electron chi connectivity index (χ2n) is 9.57. The SMILES string of the molecule is Cc1ncc(NC(=O)CN2CCC[C@@H]2C)cc1NC(=O)c1cnc2[nH]c(-c3cnn(CCC#N)c3)cc2c1. The van der Waals surface area contributed by atoms with Crippen molar-refractivity contribution < 1.29 is 9.59 Å². The van der Waals surface area contributed by atoms with Crippen molar-refractivity contribution in [1.29, 1.82) is 5.26 Å². The molecule has 1 fully saturated rings. The van der Waals surface area contributed by atoms with Crippen LogP contribution in [-0.4, -0.2) is 60.6 Å². The number of carbonyl (C=O) groups excluding carboxylic acids is 2. The lowest BCUT2D eigenvalue weighted by Gasteiger charge is -2.20. The quantitative estimate of drug-likeness (QED) is 0.327. The first-order valence-electron chi connectivity index (χ1n) is 12.6. The molecule has 38 heavy (non-hydrogen) atoms. The minimum atomic E-state index is -0.328. The van der Waals surface area contributed by atoms with Crippen LogP contribution >= 0.6 is 0 Å². The molecular weight excluding hydrogens is 482 g/mol. The van der Waals surface area contributed by atoms with Crippen LogP contribution in [0.3, 0.4) is 0 Å². The Morgan fingerprint density at radius 1 is 1.18 bits per heavy atom. The summed E-state index contributed by atoms with van der Waals surface area (Å²) in [6.45, 7) is 5.71. The van der Waals surface area contributed by atoms with Gasteiger partial charge in [0, 0.05) is 29.4 Å². The van der Waals surface area contributed by atoms with Crippen LogP contribution in [0.4, 0.5) is 11.4 Å². The van der Waals surface area contributed by atoms with Crippen LogP contribution in [0.1, 0.15) is 42.2 Å². The number of hydrogen-bond acceptors (Lipinski definition) is 7. The van der Waals surface area contributed by atoms with E-state index >= 15 is 0 Å². The number of pyridine rings is 2. The van der Waals surface area contributed by atoms with Gasteiger partial charge in [0.05, 0.1) is 66.3 Å². The molecule has 0 unspecified atom stereocenters. The lowest BCUT2D eigenvalue weighted by Crippen LogP contribution is -2.35. The van der Waals surface area contributed by atoms with Gasteiger partial charge < -0.3 is 15.6 Å². The van der Waals surface area contributed by atoms with E-state index in [9.17, 15) is 9.59 Å². The average Bonchev–Trinajstić information content (AvgIpc) is 3.64. The van der Waals surface area contributed by atoms with Gasteiger partial charge in [-0.1, -0.05) is 0 Å². The molecule has 4 aromatic heterocycles. The first-order valence-corrected chi connectivity index (χ1v) is 12.6. The van der Waals surface area contributed by atoms with Gasteiger partial charge in [-0.2, -0.15) is 10.4 Å². The van der Waals surface area contributed by atoms with Crippen LogP contribution in [0.5, 0.6) is 0 Å². The molecule has 0 bridgehead atoms. The Bertz CT molecular complexity index is 1530. The maximum absolute atomic E-state index is 13.1. The number of nitrogens with one attached hydrogen (secondary N) is 3. The fourth-order valence-corrected chi connectivity index (χ4v) is 4.62. The van der Waals surface area contributed by atoms with Crippen LogP contribution in [0.25, 0.3) is 22.3 Å². The van der Waals surface area contributed by atoms with E-state index in [1.54, 1.807) is 36.1 Å². The first-order chi connectivity index (χ1) is 18.4. The molecule has 0 spiro atoms. The van der Waals surface area contributed by atoms with Crippen molar-refractivity contribution in [3.63, 3.8) is 0 Å². The normalized spacial score (nSPS) is 15.4. The molecule has 1 aliphatic heterocycles. The molecule has 3 N–H and O–H groups in total. The summed E-state index contributed by atoms with van der Waals surface area (Å²) in [6.07, 6.45) is 9.29. The molecular formula is C27H29N9O2. The number of anilines is 2. The number of hydrogen-bond donors (Lipinski definition) is 3. The molecule has 0 aromatic carbocycles. The molecule has 1 aliphatic rings. The molecule has 1 atom stereocenters. The number of nitrogens with zero attached hydrogens (tertiary/aromatic N) is 6. The summed E-state index contributed by atoms with van der Waals surface area (Å²) in [6, 6.07) is 7.91. The summed E-state index contributed by atoms with van der Waals surface area (Å²) >= 11 is 0. The number of nitriles is 1. The van der Waals surface area contributed by atoms with Crippen molar-refractivity contribution in [3.8, 4) is 17.3 Å². The van der Waals surface area contributed by atoms with Gasteiger partial charge >= 0.3 is 0 Å². The Morgan fingerprint density at radius 3 is 2.84 bits per heavy atom. The second kappa shape index (κ2) is 10.8. The smallest absolute Gasteiger partial charge is 0.257 e. The van der Waals surface area contributed by atoms with Gasteiger partial charge in [-0.3, -0.25) is 24.2 Å². The Kier molecular flexibility index (Phi) is 7.15. The van der Waals surface area contributed by atoms with Crippen LogP contribution in [-0.2, 0) is 11.3 Å². The molecule has 11 heteroatoms. The van der Waals surface area contributed by atoms with E-state index < -0.39 is 0 Å². The van der Waals surface area contributed by atoms with Crippen molar-refractivity contribution in [2.75, 3.05) is 23.7 Å². The van der Waals surface area contributed by atoms with E-state index in [0.717, 1.165) is 36.0 Å². The van der Waals surface area contributed by atoms with E-state index in [-0.39, 0.29) is 11.8 Å². The van der Waals surface area contributed by atoms with Crippen LogP contribution in [0.2, 0.25) is 0 Å². The van der Waals surface area contributed by atoms with Crippen molar-refractivity contribution >= 4 is 34.2 Å². The molecule has 11 nitrogen and oxygen atoms in total. The molecule has 0 saturated carbocycles. The lowest BCUT2D eigenvalue weighted by atomic mass is 10.2. The average molecular weight is 512 g/mol. The summed E-state index contributed by atoms with van der Waals surface area (Å²) < 4.78 is 1.72. The highest BCUT2D eigenvalue weighted by atomic mass is 16.2.